The number of aliphatic hydroxyl groups is 4. The molecular weight excluding hydrogens is 615 g/mol. The van der Waals surface area contributed by atoms with Crippen LogP contribution in [0.4, 0.5) is 29.3 Å². The molecule has 0 unspecified atom stereocenters. The number of ketones is 2. The van der Waals surface area contributed by atoms with Gasteiger partial charge in [-0.25, -0.2) is 4.79 Å². The Morgan fingerprint density at radius 3 is 2.30 bits per heavy atom. The number of benzene rings is 2. The number of halogens is 4. The second-order valence-electron chi connectivity index (χ2n) is 10.7. The molecule has 0 aromatic heterocycles. The highest BCUT2D eigenvalue weighted by atomic mass is 35.5. The molecule has 16 heteroatoms. The van der Waals surface area contributed by atoms with Crippen LogP contribution in [0.2, 0.25) is 5.02 Å². The van der Waals surface area contributed by atoms with E-state index in [1.165, 1.54) is 19.1 Å². The number of aromatic hydroxyl groups is 1. The summed E-state index contributed by atoms with van der Waals surface area (Å²) >= 11 is 5.66. The average molecular weight is 638 g/mol. The number of hydrogen-bond donors (Lipinski definition) is 8. The number of alkyl halides is 3. The number of aliphatic hydroxyl groups excluding tert-OH is 3. The minimum Gasteiger partial charge on any atom is -0.508 e. The molecule has 5 rings (SSSR count). The fourth-order valence-corrected chi connectivity index (χ4v) is 6.41. The first-order chi connectivity index (χ1) is 20.4. The van der Waals surface area contributed by atoms with Crippen molar-refractivity contribution >= 4 is 52.2 Å². The molecule has 1 fully saturated rings. The quantitative estimate of drug-likeness (QED) is 0.183. The Hall–Kier alpha value is -4.60. The smallest absolute Gasteiger partial charge is 0.418 e. The van der Waals surface area contributed by atoms with Gasteiger partial charge in [-0.15, -0.1) is 0 Å². The molecule has 3 aliphatic carbocycles. The van der Waals surface area contributed by atoms with Crippen LogP contribution in [0.5, 0.6) is 5.75 Å². The van der Waals surface area contributed by atoms with Crippen LogP contribution < -0.4 is 16.4 Å². The van der Waals surface area contributed by atoms with Crippen LogP contribution in [0, 0.1) is 11.8 Å². The summed E-state index contributed by atoms with van der Waals surface area (Å²) in [6.45, 7) is 1.50. The third-order valence-electron chi connectivity index (χ3n) is 8.28. The molecule has 44 heavy (non-hydrogen) atoms. The van der Waals surface area contributed by atoms with Gasteiger partial charge in [-0.1, -0.05) is 24.6 Å². The van der Waals surface area contributed by atoms with Crippen LogP contribution in [-0.2, 0) is 20.6 Å². The van der Waals surface area contributed by atoms with E-state index in [4.69, 9.17) is 17.3 Å². The second kappa shape index (κ2) is 10.2. The van der Waals surface area contributed by atoms with Crippen molar-refractivity contribution in [2.75, 3.05) is 10.6 Å². The molecule has 2 aromatic carbocycles. The summed E-state index contributed by atoms with van der Waals surface area (Å²) in [5, 5.41) is 59.6. The first kappa shape index (κ1) is 30.8. The van der Waals surface area contributed by atoms with E-state index in [1.54, 1.807) is 0 Å². The van der Waals surface area contributed by atoms with Gasteiger partial charge in [0.25, 0.3) is 5.91 Å². The zero-order valence-corrected chi connectivity index (χ0v) is 23.1. The highest BCUT2D eigenvalue weighted by Crippen LogP contribution is 2.56. The van der Waals surface area contributed by atoms with E-state index in [9.17, 15) is 57.9 Å². The molecule has 0 spiro atoms. The van der Waals surface area contributed by atoms with Crippen molar-refractivity contribution in [3.8, 4) is 5.75 Å². The van der Waals surface area contributed by atoms with E-state index >= 15 is 0 Å². The molecule has 0 saturated heterocycles. The molecule has 5 atom stereocenters. The van der Waals surface area contributed by atoms with Crippen LogP contribution in [0.25, 0.3) is 5.76 Å². The Kier molecular flexibility index (Phi) is 7.18. The van der Waals surface area contributed by atoms with Crippen LogP contribution >= 0.6 is 11.6 Å². The number of Topliss-reactive ketones (excluding diaryl/α,β-unsaturated/α-hetero) is 2. The summed E-state index contributed by atoms with van der Waals surface area (Å²) in [6, 6.07) is 3.88. The topological polar surface area (TPSA) is 220 Å². The van der Waals surface area contributed by atoms with Gasteiger partial charge in [-0.3, -0.25) is 14.4 Å². The van der Waals surface area contributed by atoms with Crippen molar-refractivity contribution in [1.29, 1.82) is 0 Å². The van der Waals surface area contributed by atoms with Crippen molar-refractivity contribution in [2.45, 2.75) is 37.1 Å². The number of phenolic OH excluding ortho intramolecular Hbond substituents is 1. The lowest BCUT2D eigenvalue weighted by Crippen LogP contribution is -2.63. The van der Waals surface area contributed by atoms with Gasteiger partial charge in [0.15, 0.2) is 11.4 Å². The lowest BCUT2D eigenvalue weighted by atomic mass is 9.55. The maximum Gasteiger partial charge on any atom is 0.418 e. The van der Waals surface area contributed by atoms with E-state index < -0.39 is 116 Å². The van der Waals surface area contributed by atoms with Crippen molar-refractivity contribution < 1.29 is 57.9 Å². The number of phenols is 1. The fraction of sp³-hybridized carbons (Fsp3) is 0.286. The molecular formula is C28H23ClF3N3O9. The van der Waals surface area contributed by atoms with Crippen molar-refractivity contribution in [3.05, 3.63) is 69.0 Å². The number of rotatable bonds is 3. The monoisotopic (exact) mass is 637 g/mol. The maximum absolute atomic E-state index is 13.7. The average Bonchev–Trinajstić information content (AvgIpc) is 2.92. The van der Waals surface area contributed by atoms with Gasteiger partial charge in [0.05, 0.1) is 28.6 Å². The third-order valence-corrected chi connectivity index (χ3v) is 8.52. The summed E-state index contributed by atoms with van der Waals surface area (Å²) in [5.41, 5.74) is -2.13. The summed E-state index contributed by atoms with van der Waals surface area (Å²) in [7, 11) is 0. The predicted octanol–water partition coefficient (Wildman–Crippen LogP) is 3.27. The van der Waals surface area contributed by atoms with Gasteiger partial charge < -0.3 is 41.9 Å². The van der Waals surface area contributed by atoms with Gasteiger partial charge in [0, 0.05) is 28.9 Å². The number of carbonyl (C=O) groups is 4. The van der Waals surface area contributed by atoms with E-state index in [0.717, 1.165) is 12.1 Å². The zero-order chi connectivity index (χ0) is 32.6. The number of hydrogen-bond acceptors (Lipinski definition) is 9. The number of nitrogens with one attached hydrogen (secondary N) is 2. The van der Waals surface area contributed by atoms with E-state index in [0.29, 0.717) is 6.07 Å². The van der Waals surface area contributed by atoms with Gasteiger partial charge >= 0.3 is 12.2 Å². The Labute approximate surface area is 250 Å². The lowest BCUT2D eigenvalue weighted by Gasteiger charge is -2.50. The molecule has 1 saturated carbocycles. The molecule has 0 aliphatic heterocycles. The normalized spacial score (nSPS) is 26.5. The molecule has 232 valence electrons. The van der Waals surface area contributed by atoms with Gasteiger partial charge in [-0.2, -0.15) is 13.2 Å². The number of carbonyl (C=O) groups excluding carboxylic acids is 4. The van der Waals surface area contributed by atoms with Crippen molar-refractivity contribution in [1.82, 2.24) is 0 Å². The number of amides is 3. The maximum atomic E-state index is 13.7. The van der Waals surface area contributed by atoms with Crippen LogP contribution in [-0.4, -0.2) is 60.7 Å². The van der Waals surface area contributed by atoms with Crippen LogP contribution in [0.15, 0.2) is 47.2 Å². The first-order valence-electron chi connectivity index (χ1n) is 12.9. The van der Waals surface area contributed by atoms with Crippen LogP contribution in [0.3, 0.4) is 0 Å². The number of primary amides is 1. The number of urea groups is 1. The van der Waals surface area contributed by atoms with E-state index in [2.05, 4.69) is 5.32 Å². The van der Waals surface area contributed by atoms with Gasteiger partial charge in [0.1, 0.15) is 22.8 Å². The van der Waals surface area contributed by atoms with Crippen LogP contribution in [0.1, 0.15) is 36.0 Å². The standard InChI is InChI=1S/C28H23ClF3N3O9/c1-8-10-3-5-14(35-26(43)34-13-4-2-9(29)6-11(13)28(30,31)32)21(38)17(10)22(39)19-16(8)20(37)12-7-15(36)18(25(33)42)23(40)27(12,44)24(19)41/h2-6,8,12,16,20,37-40,44H,7H2,1H3,(H2,33,42)(H2,34,35,43)/t8-,12+,16+,20+,27+/m0/s1. The summed E-state index contributed by atoms with van der Waals surface area (Å²) in [5.74, 6) is -10.7. The predicted molar refractivity (Wildman–Crippen MR) is 147 cm³/mol. The third kappa shape index (κ3) is 4.46. The minimum absolute atomic E-state index is 0.161. The molecule has 0 radical (unpaired) electrons. The van der Waals surface area contributed by atoms with Crippen molar-refractivity contribution in [3.63, 3.8) is 0 Å². The summed E-state index contributed by atoms with van der Waals surface area (Å²) < 4.78 is 40.3. The second-order valence-corrected chi connectivity index (χ2v) is 11.1. The van der Waals surface area contributed by atoms with Crippen molar-refractivity contribution in [2.24, 2.45) is 17.6 Å². The Balaban J connectivity index is 1.56. The molecule has 0 heterocycles. The number of anilines is 2. The minimum atomic E-state index is -4.88. The molecule has 2 aromatic rings. The summed E-state index contributed by atoms with van der Waals surface area (Å²) in [4.78, 5) is 50.7. The Bertz CT molecular complexity index is 1740. The molecule has 3 aliphatic rings. The molecule has 3 amide bonds. The lowest BCUT2D eigenvalue weighted by molar-refractivity contribution is -0.160. The van der Waals surface area contributed by atoms with E-state index in [-0.39, 0.29) is 10.6 Å². The number of nitrogens with two attached hydrogens (primary N) is 1. The summed E-state index contributed by atoms with van der Waals surface area (Å²) in [6.07, 6.45) is -7.34. The van der Waals surface area contributed by atoms with Gasteiger partial charge in [-0.05, 0) is 35.7 Å². The highest BCUT2D eigenvalue weighted by molar-refractivity contribution is 6.30. The largest absolute Gasteiger partial charge is 0.508 e. The van der Waals surface area contributed by atoms with Gasteiger partial charge in [0.2, 0.25) is 5.78 Å². The highest BCUT2D eigenvalue weighted by Gasteiger charge is 2.65. The molecule has 12 nitrogen and oxygen atoms in total. The molecule has 0 bridgehead atoms. The molecule has 9 N–H and O–H groups in total. The fourth-order valence-electron chi connectivity index (χ4n) is 6.23. The SMILES string of the molecule is C[C@H]1c2ccc(NC(=O)Nc3ccc(Cl)cc3C(F)(F)F)c(O)c2C(O)=C2C(=O)[C@]3(O)C(O)=C(C(N)=O)C(=O)C[C@@H]3[C@@H](O)[C@@H]21. The zero-order valence-electron chi connectivity index (χ0n) is 22.4. The Morgan fingerprint density at radius 1 is 1.07 bits per heavy atom. The Morgan fingerprint density at radius 2 is 1.68 bits per heavy atom. The first-order valence-corrected chi connectivity index (χ1v) is 13.2. The van der Waals surface area contributed by atoms with E-state index in [1.807, 2.05) is 5.32 Å². The number of fused-ring (bicyclic) bond motifs is 3.